The maximum Gasteiger partial charge on any atom is 0.427 e. The van der Waals surface area contributed by atoms with Crippen LogP contribution in [0.1, 0.15) is 10.4 Å². The molecule has 1 aromatic heterocycles. The highest BCUT2D eigenvalue weighted by Gasteiger charge is 2.33. The van der Waals surface area contributed by atoms with Crippen LogP contribution in [0.15, 0.2) is 24.4 Å². The monoisotopic (exact) mass is 302 g/mol. The van der Waals surface area contributed by atoms with E-state index in [1.807, 2.05) is 6.07 Å². The summed E-state index contributed by atoms with van der Waals surface area (Å²) >= 11 is 0.581. The van der Waals surface area contributed by atoms with Crippen molar-refractivity contribution in [1.29, 1.82) is 0 Å². The molecule has 0 saturated carbocycles. The van der Waals surface area contributed by atoms with Gasteiger partial charge in [0.25, 0.3) is 0 Å². The van der Waals surface area contributed by atoms with Gasteiger partial charge >= 0.3 is 6.18 Å². The minimum Gasteiger partial charge on any atom is -0.454 e. The lowest BCUT2D eigenvalue weighted by atomic mass is 10.2. The number of nitrogens with zero attached hydrogens (tertiary/aromatic N) is 1. The highest BCUT2D eigenvalue weighted by atomic mass is 32.1. The number of alkyl halides is 3. The molecule has 2 heterocycles. The van der Waals surface area contributed by atoms with Gasteiger partial charge in [-0.25, -0.2) is 4.98 Å². The quantitative estimate of drug-likeness (QED) is 0.942. The average Bonchev–Trinajstić information content (AvgIpc) is 3.04. The number of halogens is 3. The van der Waals surface area contributed by atoms with Crippen LogP contribution in [0.4, 0.5) is 18.3 Å². The number of nitrogens with one attached hydrogen (secondary N) is 1. The number of hydrogen-bond acceptors (Lipinski definition) is 5. The highest BCUT2D eigenvalue weighted by Crippen LogP contribution is 2.35. The second kappa shape index (κ2) is 4.86. The Bertz CT molecular complexity index is 627. The van der Waals surface area contributed by atoms with Crippen LogP contribution in [0.25, 0.3) is 0 Å². The van der Waals surface area contributed by atoms with Gasteiger partial charge < -0.3 is 14.8 Å². The van der Waals surface area contributed by atoms with Crippen molar-refractivity contribution in [2.45, 2.75) is 12.7 Å². The maximum atomic E-state index is 12.4. The zero-order chi connectivity index (χ0) is 14.2. The topological polar surface area (TPSA) is 43.4 Å². The van der Waals surface area contributed by atoms with Crippen molar-refractivity contribution in [2.75, 3.05) is 12.1 Å². The molecule has 0 unspecified atom stereocenters. The number of hydrogen-bond donors (Lipinski definition) is 1. The van der Waals surface area contributed by atoms with Crippen LogP contribution in [-0.4, -0.2) is 11.8 Å². The first-order valence-corrected chi connectivity index (χ1v) is 6.49. The third kappa shape index (κ3) is 2.64. The lowest BCUT2D eigenvalue weighted by molar-refractivity contribution is -0.134. The third-order valence-corrected chi connectivity index (χ3v) is 3.67. The minimum absolute atomic E-state index is 0.188. The molecule has 1 aliphatic rings. The first-order chi connectivity index (χ1) is 9.52. The van der Waals surface area contributed by atoms with Crippen LogP contribution in [0, 0.1) is 0 Å². The molecule has 0 radical (unpaired) electrons. The van der Waals surface area contributed by atoms with Crippen molar-refractivity contribution in [3.8, 4) is 11.5 Å². The molecule has 4 nitrogen and oxygen atoms in total. The average molecular weight is 302 g/mol. The SMILES string of the molecule is FC(F)(F)c1cnc(NCc2ccc3c(c2)OCO3)s1. The van der Waals surface area contributed by atoms with Gasteiger partial charge in [-0.2, -0.15) is 13.2 Å². The van der Waals surface area contributed by atoms with E-state index in [0.29, 0.717) is 29.4 Å². The molecule has 0 saturated heterocycles. The van der Waals surface area contributed by atoms with Crippen LogP contribution in [0.5, 0.6) is 11.5 Å². The van der Waals surface area contributed by atoms with E-state index in [9.17, 15) is 13.2 Å². The number of ether oxygens (including phenoxy) is 2. The molecular formula is C12H9F3N2O2S. The van der Waals surface area contributed by atoms with E-state index < -0.39 is 11.1 Å². The molecule has 8 heteroatoms. The molecule has 0 atom stereocenters. The van der Waals surface area contributed by atoms with Crippen molar-refractivity contribution in [1.82, 2.24) is 4.98 Å². The molecule has 1 N–H and O–H groups in total. The number of anilines is 1. The Labute approximate surface area is 116 Å². The fraction of sp³-hybridized carbons (Fsp3) is 0.250. The van der Waals surface area contributed by atoms with E-state index in [4.69, 9.17) is 9.47 Å². The third-order valence-electron chi connectivity index (χ3n) is 2.67. The number of rotatable bonds is 3. The van der Waals surface area contributed by atoms with Crippen LogP contribution in [-0.2, 0) is 12.7 Å². The normalized spacial score (nSPS) is 13.6. The van der Waals surface area contributed by atoms with E-state index in [1.54, 1.807) is 12.1 Å². The predicted octanol–water partition coefficient (Wildman–Crippen LogP) is 3.50. The van der Waals surface area contributed by atoms with Gasteiger partial charge in [0.2, 0.25) is 6.79 Å². The largest absolute Gasteiger partial charge is 0.454 e. The number of aromatic nitrogens is 1. The smallest absolute Gasteiger partial charge is 0.427 e. The molecule has 106 valence electrons. The van der Waals surface area contributed by atoms with Gasteiger partial charge in [-0.3, -0.25) is 0 Å². The van der Waals surface area contributed by atoms with Crippen molar-refractivity contribution in [3.63, 3.8) is 0 Å². The summed E-state index contributed by atoms with van der Waals surface area (Å²) in [5.41, 5.74) is 0.873. The van der Waals surface area contributed by atoms with E-state index in [0.717, 1.165) is 11.8 Å². The molecule has 0 fully saturated rings. The Hall–Kier alpha value is -1.96. The number of thiazole rings is 1. The van der Waals surface area contributed by atoms with E-state index in [1.165, 1.54) is 0 Å². The Morgan fingerprint density at radius 2 is 2.05 bits per heavy atom. The van der Waals surface area contributed by atoms with Gasteiger partial charge in [-0.15, -0.1) is 0 Å². The van der Waals surface area contributed by atoms with E-state index in [2.05, 4.69) is 10.3 Å². The fourth-order valence-corrected chi connectivity index (χ4v) is 2.39. The molecule has 0 amide bonds. The molecular weight excluding hydrogens is 293 g/mol. The summed E-state index contributed by atoms with van der Waals surface area (Å²) in [6, 6.07) is 5.37. The van der Waals surface area contributed by atoms with Gasteiger partial charge in [0.1, 0.15) is 4.88 Å². The van der Waals surface area contributed by atoms with Gasteiger partial charge in [0.15, 0.2) is 16.6 Å². The molecule has 1 aliphatic heterocycles. The predicted molar refractivity (Wildman–Crippen MR) is 67.0 cm³/mol. The Kier molecular flexibility index (Phi) is 3.17. The van der Waals surface area contributed by atoms with E-state index in [-0.39, 0.29) is 11.9 Å². The summed E-state index contributed by atoms with van der Waals surface area (Å²) in [6.45, 7) is 0.551. The minimum atomic E-state index is -4.35. The van der Waals surface area contributed by atoms with Crippen LogP contribution >= 0.6 is 11.3 Å². The summed E-state index contributed by atoms with van der Waals surface area (Å²) < 4.78 is 47.7. The summed E-state index contributed by atoms with van der Waals surface area (Å²) in [7, 11) is 0. The molecule has 0 bridgehead atoms. The van der Waals surface area contributed by atoms with Gasteiger partial charge in [-0.1, -0.05) is 17.4 Å². The molecule has 3 rings (SSSR count). The summed E-state index contributed by atoms with van der Waals surface area (Å²) in [6.07, 6.45) is -3.52. The number of benzene rings is 1. The standard InChI is InChI=1S/C12H9F3N2O2S/c13-12(14,15)10-5-17-11(20-10)16-4-7-1-2-8-9(3-7)19-6-18-8/h1-3,5H,4,6H2,(H,16,17). The Balaban J connectivity index is 1.66. The lowest BCUT2D eigenvalue weighted by Crippen LogP contribution is -2.00. The second-order valence-corrected chi connectivity index (χ2v) is 5.10. The molecule has 1 aromatic carbocycles. The van der Waals surface area contributed by atoms with Crippen LogP contribution in [0.2, 0.25) is 0 Å². The molecule has 20 heavy (non-hydrogen) atoms. The highest BCUT2D eigenvalue weighted by molar-refractivity contribution is 7.15. The zero-order valence-electron chi connectivity index (χ0n) is 10.0. The Morgan fingerprint density at radius 1 is 1.25 bits per heavy atom. The molecule has 0 aliphatic carbocycles. The fourth-order valence-electron chi connectivity index (χ4n) is 1.72. The first-order valence-electron chi connectivity index (χ1n) is 5.68. The van der Waals surface area contributed by atoms with Crippen molar-refractivity contribution < 1.29 is 22.6 Å². The van der Waals surface area contributed by atoms with Gasteiger partial charge in [0.05, 0.1) is 6.20 Å². The summed E-state index contributed by atoms with van der Waals surface area (Å²) in [4.78, 5) is 2.98. The molecule has 2 aromatic rings. The van der Waals surface area contributed by atoms with Crippen molar-refractivity contribution >= 4 is 16.5 Å². The van der Waals surface area contributed by atoms with Crippen molar-refractivity contribution in [3.05, 3.63) is 34.8 Å². The maximum absolute atomic E-state index is 12.4. The van der Waals surface area contributed by atoms with Gasteiger partial charge in [0, 0.05) is 6.54 Å². The van der Waals surface area contributed by atoms with Crippen LogP contribution < -0.4 is 14.8 Å². The molecule has 0 spiro atoms. The Morgan fingerprint density at radius 3 is 2.80 bits per heavy atom. The number of fused-ring (bicyclic) bond motifs is 1. The zero-order valence-corrected chi connectivity index (χ0v) is 10.8. The van der Waals surface area contributed by atoms with Gasteiger partial charge in [-0.05, 0) is 17.7 Å². The first kappa shape index (κ1) is 13.0. The summed E-state index contributed by atoms with van der Waals surface area (Å²) in [5.74, 6) is 1.31. The lowest BCUT2D eigenvalue weighted by Gasteiger charge is -2.04. The van der Waals surface area contributed by atoms with Crippen molar-refractivity contribution in [2.24, 2.45) is 0 Å². The second-order valence-electron chi connectivity index (χ2n) is 4.07. The van der Waals surface area contributed by atoms with E-state index >= 15 is 0 Å². The van der Waals surface area contributed by atoms with Crippen LogP contribution in [0.3, 0.4) is 0 Å². The summed E-state index contributed by atoms with van der Waals surface area (Å²) in [5, 5.41) is 3.09.